The Balaban J connectivity index is 1.65. The molecule has 3 aromatic carbocycles. The minimum absolute atomic E-state index is 0.0614. The van der Waals surface area contributed by atoms with Crippen LogP contribution in [0.5, 0.6) is 0 Å². The fraction of sp³-hybridized carbons (Fsp3) is 0.323. The second kappa shape index (κ2) is 15.0. The second-order valence-corrected chi connectivity index (χ2v) is 9.72. The third kappa shape index (κ3) is 8.48. The predicted octanol–water partition coefficient (Wildman–Crippen LogP) is 5.48. The molecule has 0 saturated heterocycles. The molecule has 2 N–H and O–H groups in total. The summed E-state index contributed by atoms with van der Waals surface area (Å²) in [6, 6.07) is 24.3. The van der Waals surface area contributed by atoms with Gasteiger partial charge in [0.1, 0.15) is 0 Å². The number of carboxylic acids is 1. The van der Waals surface area contributed by atoms with E-state index in [2.05, 4.69) is 24.9 Å². The molecule has 0 spiro atoms. The first-order chi connectivity index (χ1) is 18.4. The Bertz CT molecular complexity index is 1200. The third-order valence-corrected chi connectivity index (χ3v) is 6.95. The number of benzene rings is 3. The number of carboxylic acid groups (broad SMARTS) is 1. The third-order valence-electron chi connectivity index (χ3n) is 6.51. The van der Waals surface area contributed by atoms with Gasteiger partial charge >= 0.3 is 5.97 Å². The Morgan fingerprint density at radius 1 is 0.895 bits per heavy atom. The molecule has 38 heavy (non-hydrogen) atoms. The fourth-order valence-electron chi connectivity index (χ4n) is 4.33. The number of amides is 2. The van der Waals surface area contributed by atoms with E-state index in [0.29, 0.717) is 30.8 Å². The zero-order chi connectivity index (χ0) is 27.3. The molecule has 0 bridgehead atoms. The highest BCUT2D eigenvalue weighted by Gasteiger charge is 2.20. The topological polar surface area (TPSA) is 86.7 Å². The normalized spacial score (nSPS) is 11.5. The number of carbonyl (C=O) groups is 3. The van der Waals surface area contributed by atoms with Gasteiger partial charge in [-0.25, -0.2) is 4.79 Å². The van der Waals surface area contributed by atoms with Gasteiger partial charge in [0.15, 0.2) is 0 Å². The Morgan fingerprint density at radius 3 is 2.24 bits per heavy atom. The van der Waals surface area contributed by atoms with Gasteiger partial charge in [-0.3, -0.25) is 9.59 Å². The summed E-state index contributed by atoms with van der Waals surface area (Å²) in [6.45, 7) is 3.07. The molecule has 200 valence electrons. The molecule has 3 aromatic rings. The number of rotatable bonds is 14. The van der Waals surface area contributed by atoms with E-state index in [-0.39, 0.29) is 29.8 Å². The van der Waals surface area contributed by atoms with Crippen molar-refractivity contribution in [1.29, 1.82) is 0 Å². The maximum atomic E-state index is 13.2. The molecule has 6 nitrogen and oxygen atoms in total. The number of hydrogen-bond donors (Lipinski definition) is 3. The molecular formula is C31H36N2O4S. The molecule has 0 radical (unpaired) electrons. The standard InChI is InChI=1S/C31H36N2O4S/c1-2-3-9-18-33(29(34)20-32-30(35)26(22-38)19-23-10-5-4-6-11-23)21-24-14-16-25(17-15-24)27-12-7-8-13-28(27)31(36)37/h4-8,10-17,26,38H,2-3,9,18-22H2,1H3,(H,32,35)(H,36,37). The van der Waals surface area contributed by atoms with Crippen molar-refractivity contribution in [3.05, 3.63) is 95.6 Å². The predicted molar refractivity (Wildman–Crippen MR) is 154 cm³/mol. The molecular weight excluding hydrogens is 496 g/mol. The molecule has 0 aliphatic rings. The lowest BCUT2D eigenvalue weighted by Crippen LogP contribution is -2.42. The van der Waals surface area contributed by atoms with Crippen LogP contribution in [0, 0.1) is 5.92 Å². The summed E-state index contributed by atoms with van der Waals surface area (Å²) in [5.74, 6) is -1.20. The van der Waals surface area contributed by atoms with Crippen LogP contribution in [0.25, 0.3) is 11.1 Å². The van der Waals surface area contributed by atoms with Crippen molar-refractivity contribution in [1.82, 2.24) is 10.2 Å². The van der Waals surface area contributed by atoms with Crippen LogP contribution in [0.3, 0.4) is 0 Å². The molecule has 0 saturated carbocycles. The highest BCUT2D eigenvalue weighted by atomic mass is 32.1. The number of nitrogens with one attached hydrogen (secondary N) is 1. The smallest absolute Gasteiger partial charge is 0.336 e. The second-order valence-electron chi connectivity index (χ2n) is 9.36. The Labute approximate surface area is 230 Å². The van der Waals surface area contributed by atoms with Gasteiger partial charge in [-0.2, -0.15) is 12.6 Å². The minimum atomic E-state index is -0.969. The van der Waals surface area contributed by atoms with E-state index in [1.807, 2.05) is 60.7 Å². The van der Waals surface area contributed by atoms with Crippen LogP contribution in [-0.4, -0.2) is 46.6 Å². The molecule has 3 rings (SSSR count). The lowest BCUT2D eigenvalue weighted by molar-refractivity contribution is -0.134. The van der Waals surface area contributed by atoms with Crippen LogP contribution in [-0.2, 0) is 22.6 Å². The van der Waals surface area contributed by atoms with E-state index in [1.54, 1.807) is 23.1 Å². The van der Waals surface area contributed by atoms with E-state index in [4.69, 9.17) is 0 Å². The largest absolute Gasteiger partial charge is 0.478 e. The number of nitrogens with zero attached hydrogens (tertiary/aromatic N) is 1. The Hall–Kier alpha value is -3.58. The molecule has 1 atom stereocenters. The summed E-state index contributed by atoms with van der Waals surface area (Å²) >= 11 is 4.36. The average Bonchev–Trinajstić information content (AvgIpc) is 2.95. The van der Waals surface area contributed by atoms with Crippen LogP contribution < -0.4 is 5.32 Å². The van der Waals surface area contributed by atoms with Gasteiger partial charge in [0, 0.05) is 18.8 Å². The highest BCUT2D eigenvalue weighted by molar-refractivity contribution is 7.80. The van der Waals surface area contributed by atoms with Crippen molar-refractivity contribution >= 4 is 30.4 Å². The van der Waals surface area contributed by atoms with E-state index in [0.717, 1.165) is 36.0 Å². The first-order valence-electron chi connectivity index (χ1n) is 13.0. The number of carbonyl (C=O) groups excluding carboxylic acids is 2. The quantitative estimate of drug-likeness (QED) is 0.190. The molecule has 0 aliphatic heterocycles. The van der Waals surface area contributed by atoms with E-state index in [1.165, 1.54) is 0 Å². The number of thiol groups is 1. The van der Waals surface area contributed by atoms with Crippen molar-refractivity contribution in [2.24, 2.45) is 5.92 Å². The van der Waals surface area contributed by atoms with Crippen molar-refractivity contribution in [2.75, 3.05) is 18.8 Å². The monoisotopic (exact) mass is 532 g/mol. The van der Waals surface area contributed by atoms with Crippen LogP contribution in [0.1, 0.15) is 47.7 Å². The maximum absolute atomic E-state index is 13.2. The van der Waals surface area contributed by atoms with Crippen LogP contribution >= 0.6 is 12.6 Å². The van der Waals surface area contributed by atoms with E-state index < -0.39 is 5.97 Å². The maximum Gasteiger partial charge on any atom is 0.336 e. The van der Waals surface area contributed by atoms with Gasteiger partial charge in [-0.1, -0.05) is 92.6 Å². The number of aromatic carboxylic acids is 1. The SMILES string of the molecule is CCCCCN(Cc1ccc(-c2ccccc2C(=O)O)cc1)C(=O)CNC(=O)C(CS)Cc1ccccc1. The molecule has 0 heterocycles. The van der Waals surface area contributed by atoms with Gasteiger partial charge in [0.25, 0.3) is 0 Å². The summed E-state index contributed by atoms with van der Waals surface area (Å²) in [4.78, 5) is 39.3. The van der Waals surface area contributed by atoms with Gasteiger partial charge in [0.2, 0.25) is 11.8 Å². The van der Waals surface area contributed by atoms with E-state index >= 15 is 0 Å². The lowest BCUT2D eigenvalue weighted by Gasteiger charge is -2.24. The zero-order valence-corrected chi connectivity index (χ0v) is 22.7. The van der Waals surface area contributed by atoms with Gasteiger partial charge < -0.3 is 15.3 Å². The summed E-state index contributed by atoms with van der Waals surface area (Å²) in [7, 11) is 0. The van der Waals surface area contributed by atoms with Crippen LogP contribution in [0.4, 0.5) is 0 Å². The molecule has 2 amide bonds. The summed E-state index contributed by atoms with van der Waals surface area (Å²) in [5, 5.41) is 12.3. The summed E-state index contributed by atoms with van der Waals surface area (Å²) in [6.07, 6.45) is 3.51. The minimum Gasteiger partial charge on any atom is -0.478 e. The Kier molecular flexibility index (Phi) is 11.4. The van der Waals surface area contributed by atoms with Crippen LogP contribution in [0.2, 0.25) is 0 Å². The Morgan fingerprint density at radius 2 is 1.58 bits per heavy atom. The average molecular weight is 533 g/mol. The first-order valence-corrected chi connectivity index (χ1v) is 13.7. The van der Waals surface area contributed by atoms with Crippen molar-refractivity contribution in [3.63, 3.8) is 0 Å². The summed E-state index contributed by atoms with van der Waals surface area (Å²) < 4.78 is 0. The van der Waals surface area contributed by atoms with Crippen molar-refractivity contribution in [2.45, 2.75) is 39.2 Å². The number of unbranched alkanes of at least 4 members (excludes halogenated alkanes) is 2. The number of hydrogen-bond acceptors (Lipinski definition) is 4. The zero-order valence-electron chi connectivity index (χ0n) is 21.8. The summed E-state index contributed by atoms with van der Waals surface area (Å²) in [5.41, 5.74) is 3.70. The molecule has 0 fully saturated rings. The van der Waals surface area contributed by atoms with Crippen LogP contribution in [0.15, 0.2) is 78.9 Å². The molecule has 7 heteroatoms. The first kappa shape index (κ1) is 29.0. The molecule has 0 aliphatic carbocycles. The van der Waals surface area contributed by atoms with Gasteiger partial charge in [0.05, 0.1) is 18.0 Å². The fourth-order valence-corrected chi connectivity index (χ4v) is 4.63. The van der Waals surface area contributed by atoms with Gasteiger partial charge in [-0.15, -0.1) is 0 Å². The molecule has 0 aromatic heterocycles. The van der Waals surface area contributed by atoms with Crippen molar-refractivity contribution in [3.8, 4) is 11.1 Å². The van der Waals surface area contributed by atoms with E-state index in [9.17, 15) is 19.5 Å². The highest BCUT2D eigenvalue weighted by Crippen LogP contribution is 2.24. The van der Waals surface area contributed by atoms with Gasteiger partial charge in [-0.05, 0) is 41.2 Å². The molecule has 1 unspecified atom stereocenters. The van der Waals surface area contributed by atoms with Crippen molar-refractivity contribution < 1.29 is 19.5 Å². The lowest BCUT2D eigenvalue weighted by atomic mass is 9.98.